The van der Waals surface area contributed by atoms with Crippen molar-refractivity contribution in [3.05, 3.63) is 57.8 Å². The van der Waals surface area contributed by atoms with Gasteiger partial charge in [0.1, 0.15) is 5.82 Å². The van der Waals surface area contributed by atoms with Crippen molar-refractivity contribution in [1.29, 1.82) is 0 Å². The van der Waals surface area contributed by atoms with Crippen LogP contribution in [-0.4, -0.2) is 13.0 Å². The number of carbonyl (C=O) groups excluding carboxylic acids is 1. The smallest absolute Gasteiger partial charge is 0.257 e. The number of anilines is 2. The second-order valence-electron chi connectivity index (χ2n) is 4.38. The molecule has 20 heavy (non-hydrogen) atoms. The lowest BCUT2D eigenvalue weighted by atomic mass is 10.1. The Kier molecular flexibility index (Phi) is 4.39. The summed E-state index contributed by atoms with van der Waals surface area (Å²) in [5, 5.41) is 5.47. The molecule has 3 nitrogen and oxygen atoms in total. The van der Waals surface area contributed by atoms with Gasteiger partial charge in [0.25, 0.3) is 5.91 Å². The third-order valence-electron chi connectivity index (χ3n) is 2.81. The SMILES string of the molecule is CNc1c(F)cccc1C(=O)Nc1cc(C)cc(Br)c1. The van der Waals surface area contributed by atoms with Crippen LogP contribution in [0.25, 0.3) is 0 Å². The Morgan fingerprint density at radius 2 is 2.00 bits per heavy atom. The van der Waals surface area contributed by atoms with Gasteiger partial charge >= 0.3 is 0 Å². The molecule has 5 heteroatoms. The second-order valence-corrected chi connectivity index (χ2v) is 5.30. The van der Waals surface area contributed by atoms with E-state index in [0.29, 0.717) is 5.69 Å². The van der Waals surface area contributed by atoms with E-state index in [9.17, 15) is 9.18 Å². The fourth-order valence-electron chi connectivity index (χ4n) is 1.97. The highest BCUT2D eigenvalue weighted by Crippen LogP contribution is 2.23. The first-order chi connectivity index (χ1) is 9.51. The van der Waals surface area contributed by atoms with Gasteiger partial charge in [0.2, 0.25) is 0 Å². The van der Waals surface area contributed by atoms with Gasteiger partial charge in [-0.25, -0.2) is 4.39 Å². The monoisotopic (exact) mass is 336 g/mol. The van der Waals surface area contributed by atoms with Crippen molar-refractivity contribution in [3.8, 4) is 0 Å². The standard InChI is InChI=1S/C15H14BrFN2O/c1-9-6-10(16)8-11(7-9)19-15(20)12-4-3-5-13(17)14(12)18-2/h3-8,18H,1-2H3,(H,19,20). The van der Waals surface area contributed by atoms with E-state index in [1.165, 1.54) is 12.1 Å². The van der Waals surface area contributed by atoms with E-state index < -0.39 is 5.82 Å². The zero-order valence-electron chi connectivity index (χ0n) is 11.1. The predicted octanol–water partition coefficient (Wildman–Crippen LogP) is 4.19. The number of para-hydroxylation sites is 1. The number of hydrogen-bond acceptors (Lipinski definition) is 2. The van der Waals surface area contributed by atoms with Crippen molar-refractivity contribution in [2.45, 2.75) is 6.92 Å². The lowest BCUT2D eigenvalue weighted by molar-refractivity contribution is 0.102. The minimum absolute atomic E-state index is 0.191. The Balaban J connectivity index is 2.31. The molecule has 0 aromatic heterocycles. The third kappa shape index (κ3) is 3.17. The summed E-state index contributed by atoms with van der Waals surface area (Å²) in [5.74, 6) is -0.808. The number of aryl methyl sites for hydroxylation is 1. The van der Waals surface area contributed by atoms with Crippen molar-refractivity contribution in [2.24, 2.45) is 0 Å². The molecular weight excluding hydrogens is 323 g/mol. The summed E-state index contributed by atoms with van der Waals surface area (Å²) in [6.45, 7) is 1.93. The molecule has 0 saturated heterocycles. The number of benzene rings is 2. The number of carbonyl (C=O) groups is 1. The van der Waals surface area contributed by atoms with Gasteiger partial charge in [-0.15, -0.1) is 0 Å². The summed E-state index contributed by atoms with van der Waals surface area (Å²) in [5.41, 5.74) is 2.14. The van der Waals surface area contributed by atoms with Crippen molar-refractivity contribution in [2.75, 3.05) is 17.7 Å². The van der Waals surface area contributed by atoms with Crippen LogP contribution in [0.3, 0.4) is 0 Å². The largest absolute Gasteiger partial charge is 0.385 e. The molecule has 0 bridgehead atoms. The highest BCUT2D eigenvalue weighted by atomic mass is 79.9. The molecule has 2 aromatic carbocycles. The fraction of sp³-hybridized carbons (Fsp3) is 0.133. The van der Waals surface area contributed by atoms with Gasteiger partial charge in [-0.2, -0.15) is 0 Å². The summed E-state index contributed by atoms with van der Waals surface area (Å²) >= 11 is 3.38. The molecule has 0 saturated carbocycles. The second kappa shape index (κ2) is 6.05. The van der Waals surface area contributed by atoms with Crippen LogP contribution in [0.5, 0.6) is 0 Å². The van der Waals surface area contributed by atoms with E-state index in [4.69, 9.17) is 0 Å². The lowest BCUT2D eigenvalue weighted by Crippen LogP contribution is -2.14. The predicted molar refractivity (Wildman–Crippen MR) is 82.8 cm³/mol. The highest BCUT2D eigenvalue weighted by molar-refractivity contribution is 9.10. The minimum Gasteiger partial charge on any atom is -0.385 e. The van der Waals surface area contributed by atoms with Gasteiger partial charge < -0.3 is 10.6 Å². The molecule has 1 amide bonds. The number of nitrogens with one attached hydrogen (secondary N) is 2. The molecule has 2 rings (SSSR count). The molecule has 0 spiro atoms. The Bertz CT molecular complexity index is 638. The molecule has 0 fully saturated rings. The van der Waals surface area contributed by atoms with Crippen molar-refractivity contribution in [3.63, 3.8) is 0 Å². The Morgan fingerprint density at radius 1 is 1.25 bits per heavy atom. The summed E-state index contributed by atoms with van der Waals surface area (Å²) < 4.78 is 14.5. The first kappa shape index (κ1) is 14.5. The average Bonchev–Trinajstić information content (AvgIpc) is 2.37. The number of rotatable bonds is 3. The van der Waals surface area contributed by atoms with Crippen LogP contribution in [0, 0.1) is 12.7 Å². The first-order valence-electron chi connectivity index (χ1n) is 6.06. The maximum atomic E-state index is 13.6. The average molecular weight is 337 g/mol. The highest BCUT2D eigenvalue weighted by Gasteiger charge is 2.14. The Labute approximate surface area is 125 Å². The summed E-state index contributed by atoms with van der Waals surface area (Å²) in [6.07, 6.45) is 0. The van der Waals surface area contributed by atoms with Crippen molar-refractivity contribution < 1.29 is 9.18 Å². The fourth-order valence-corrected chi connectivity index (χ4v) is 2.58. The van der Waals surface area contributed by atoms with E-state index in [1.54, 1.807) is 19.2 Å². The third-order valence-corrected chi connectivity index (χ3v) is 3.27. The van der Waals surface area contributed by atoms with E-state index in [2.05, 4.69) is 26.6 Å². The van der Waals surface area contributed by atoms with Gasteiger partial charge in [-0.1, -0.05) is 22.0 Å². The minimum atomic E-state index is -0.453. The van der Waals surface area contributed by atoms with E-state index in [0.717, 1.165) is 10.0 Å². The maximum Gasteiger partial charge on any atom is 0.257 e. The van der Waals surface area contributed by atoms with Crippen LogP contribution in [0.1, 0.15) is 15.9 Å². The zero-order valence-corrected chi connectivity index (χ0v) is 12.7. The zero-order chi connectivity index (χ0) is 14.7. The topological polar surface area (TPSA) is 41.1 Å². The van der Waals surface area contributed by atoms with Gasteiger partial charge in [0.05, 0.1) is 11.3 Å². The Morgan fingerprint density at radius 3 is 2.65 bits per heavy atom. The summed E-state index contributed by atoms with van der Waals surface area (Å²) in [4.78, 5) is 12.2. The molecule has 0 heterocycles. The molecule has 0 aliphatic carbocycles. The van der Waals surface area contributed by atoms with Crippen molar-refractivity contribution >= 4 is 33.2 Å². The van der Waals surface area contributed by atoms with E-state index in [-0.39, 0.29) is 17.2 Å². The number of halogens is 2. The molecule has 0 atom stereocenters. The number of hydrogen-bond donors (Lipinski definition) is 2. The quantitative estimate of drug-likeness (QED) is 0.882. The molecular formula is C15H14BrFN2O. The van der Waals surface area contributed by atoms with Crippen LogP contribution in [-0.2, 0) is 0 Å². The van der Waals surface area contributed by atoms with Gasteiger partial charge in [-0.05, 0) is 42.8 Å². The summed E-state index contributed by atoms with van der Waals surface area (Å²) in [7, 11) is 1.58. The van der Waals surface area contributed by atoms with E-state index >= 15 is 0 Å². The molecule has 104 valence electrons. The van der Waals surface area contributed by atoms with Crippen LogP contribution in [0.2, 0.25) is 0 Å². The summed E-state index contributed by atoms with van der Waals surface area (Å²) in [6, 6.07) is 9.99. The molecule has 0 unspecified atom stereocenters. The number of amides is 1. The normalized spacial score (nSPS) is 10.2. The first-order valence-corrected chi connectivity index (χ1v) is 6.85. The van der Waals surface area contributed by atoms with Crippen LogP contribution in [0.15, 0.2) is 40.9 Å². The van der Waals surface area contributed by atoms with Crippen LogP contribution < -0.4 is 10.6 Å². The van der Waals surface area contributed by atoms with Crippen LogP contribution in [0.4, 0.5) is 15.8 Å². The lowest BCUT2D eigenvalue weighted by Gasteiger charge is -2.11. The maximum absolute atomic E-state index is 13.6. The Hall–Kier alpha value is -1.88. The molecule has 2 N–H and O–H groups in total. The molecule has 0 aliphatic heterocycles. The molecule has 2 aromatic rings. The van der Waals surface area contributed by atoms with Gasteiger partial charge in [-0.3, -0.25) is 4.79 Å². The molecule has 0 aliphatic rings. The van der Waals surface area contributed by atoms with Gasteiger partial charge in [0, 0.05) is 17.2 Å². The van der Waals surface area contributed by atoms with Crippen molar-refractivity contribution in [1.82, 2.24) is 0 Å². The van der Waals surface area contributed by atoms with Gasteiger partial charge in [0.15, 0.2) is 0 Å². The molecule has 0 radical (unpaired) electrons. The van der Waals surface area contributed by atoms with Crippen LogP contribution >= 0.6 is 15.9 Å². The van der Waals surface area contributed by atoms with E-state index in [1.807, 2.05) is 19.1 Å².